The molecule has 0 unspecified atom stereocenters. The summed E-state index contributed by atoms with van der Waals surface area (Å²) >= 11 is 1.63. The van der Waals surface area contributed by atoms with E-state index in [2.05, 4.69) is 29.9 Å². The Morgan fingerprint density at radius 2 is 2.05 bits per heavy atom. The van der Waals surface area contributed by atoms with Gasteiger partial charge in [-0.15, -0.1) is 0 Å². The maximum absolute atomic E-state index is 4.48. The number of aromatic nitrogens is 6. The van der Waals surface area contributed by atoms with Crippen molar-refractivity contribution in [3.05, 3.63) is 23.9 Å². The maximum atomic E-state index is 4.48. The Labute approximate surface area is 126 Å². The third kappa shape index (κ3) is 2.46. The molecule has 3 rings (SSSR count). The highest BCUT2D eigenvalue weighted by molar-refractivity contribution is 7.98. The number of nitrogens with zero attached hydrogens (tertiary/aromatic N) is 6. The van der Waals surface area contributed by atoms with Crippen LogP contribution >= 0.6 is 11.8 Å². The number of hydrogen-bond donors (Lipinski definition) is 1. The summed E-state index contributed by atoms with van der Waals surface area (Å²) in [7, 11) is 3.89. The van der Waals surface area contributed by atoms with Gasteiger partial charge in [0.2, 0.25) is 0 Å². The highest BCUT2D eigenvalue weighted by Gasteiger charge is 2.11. The number of hydrogen-bond acceptors (Lipinski definition) is 6. The summed E-state index contributed by atoms with van der Waals surface area (Å²) in [6, 6.07) is 0. The van der Waals surface area contributed by atoms with Gasteiger partial charge >= 0.3 is 0 Å². The van der Waals surface area contributed by atoms with Crippen molar-refractivity contribution in [1.29, 1.82) is 0 Å². The van der Waals surface area contributed by atoms with Crippen LogP contribution in [0.5, 0.6) is 0 Å². The molecule has 1 N–H and O–H groups in total. The SMILES string of the molecule is CSc1ncc(CNc2nc(C)nc3c2cnn3C)n1C. The van der Waals surface area contributed by atoms with E-state index in [0.717, 1.165) is 33.5 Å². The summed E-state index contributed by atoms with van der Waals surface area (Å²) < 4.78 is 3.83. The Morgan fingerprint density at radius 1 is 1.24 bits per heavy atom. The normalized spacial score (nSPS) is 11.2. The van der Waals surface area contributed by atoms with Crippen molar-refractivity contribution >= 4 is 28.6 Å². The van der Waals surface area contributed by atoms with Crippen molar-refractivity contribution in [3.63, 3.8) is 0 Å². The van der Waals surface area contributed by atoms with E-state index in [1.807, 2.05) is 33.5 Å². The summed E-state index contributed by atoms with van der Waals surface area (Å²) in [4.78, 5) is 13.3. The third-order valence-corrected chi connectivity index (χ3v) is 4.11. The van der Waals surface area contributed by atoms with E-state index in [4.69, 9.17) is 0 Å². The van der Waals surface area contributed by atoms with Gasteiger partial charge in [-0.25, -0.2) is 15.0 Å². The molecule has 0 spiro atoms. The van der Waals surface area contributed by atoms with Crippen molar-refractivity contribution in [2.75, 3.05) is 11.6 Å². The highest BCUT2D eigenvalue weighted by atomic mass is 32.2. The van der Waals surface area contributed by atoms with E-state index in [9.17, 15) is 0 Å². The molecular formula is C13H17N7S. The zero-order chi connectivity index (χ0) is 15.0. The maximum Gasteiger partial charge on any atom is 0.167 e. The zero-order valence-electron chi connectivity index (χ0n) is 12.5. The summed E-state index contributed by atoms with van der Waals surface area (Å²) in [5, 5.41) is 9.53. The minimum absolute atomic E-state index is 0.657. The monoisotopic (exact) mass is 303 g/mol. The van der Waals surface area contributed by atoms with Crippen LogP contribution in [-0.4, -0.2) is 35.6 Å². The largest absolute Gasteiger partial charge is 0.364 e. The van der Waals surface area contributed by atoms with Crippen molar-refractivity contribution in [1.82, 2.24) is 29.3 Å². The number of imidazole rings is 1. The predicted molar refractivity (Wildman–Crippen MR) is 83.4 cm³/mol. The fourth-order valence-corrected chi connectivity index (χ4v) is 2.77. The Morgan fingerprint density at radius 3 is 2.76 bits per heavy atom. The molecule has 110 valence electrons. The highest BCUT2D eigenvalue weighted by Crippen LogP contribution is 2.20. The van der Waals surface area contributed by atoms with Crippen LogP contribution in [0.1, 0.15) is 11.5 Å². The average molecular weight is 303 g/mol. The molecule has 3 aromatic heterocycles. The van der Waals surface area contributed by atoms with E-state index in [1.54, 1.807) is 22.6 Å². The molecule has 3 heterocycles. The summed E-state index contributed by atoms with van der Waals surface area (Å²) in [5.74, 6) is 1.53. The smallest absolute Gasteiger partial charge is 0.167 e. The molecule has 3 aromatic rings. The summed E-state index contributed by atoms with van der Waals surface area (Å²) in [6.45, 7) is 2.54. The van der Waals surface area contributed by atoms with Crippen molar-refractivity contribution in [2.24, 2.45) is 14.1 Å². The van der Waals surface area contributed by atoms with Gasteiger partial charge in [0.15, 0.2) is 10.8 Å². The molecule has 0 aliphatic heterocycles. The lowest BCUT2D eigenvalue weighted by molar-refractivity contribution is 0.747. The van der Waals surface area contributed by atoms with Crippen molar-refractivity contribution in [2.45, 2.75) is 18.6 Å². The van der Waals surface area contributed by atoms with Gasteiger partial charge in [-0.1, -0.05) is 11.8 Å². The Bertz CT molecular complexity index is 789. The molecule has 0 saturated carbocycles. The average Bonchev–Trinajstić information content (AvgIpc) is 3.00. The Kier molecular flexibility index (Phi) is 3.54. The van der Waals surface area contributed by atoms with Gasteiger partial charge in [0.05, 0.1) is 30.0 Å². The van der Waals surface area contributed by atoms with E-state index < -0.39 is 0 Å². The lowest BCUT2D eigenvalue weighted by Crippen LogP contribution is -2.07. The molecule has 21 heavy (non-hydrogen) atoms. The van der Waals surface area contributed by atoms with E-state index in [1.165, 1.54) is 0 Å². The van der Waals surface area contributed by atoms with Gasteiger partial charge in [0.1, 0.15) is 11.6 Å². The second-order valence-electron chi connectivity index (χ2n) is 4.77. The molecule has 0 aromatic carbocycles. The van der Waals surface area contributed by atoms with Gasteiger partial charge in [0.25, 0.3) is 0 Å². The van der Waals surface area contributed by atoms with E-state index in [0.29, 0.717) is 6.54 Å². The van der Waals surface area contributed by atoms with Gasteiger partial charge in [-0.05, 0) is 13.2 Å². The van der Waals surface area contributed by atoms with Crippen LogP contribution in [0.15, 0.2) is 17.6 Å². The van der Waals surface area contributed by atoms with Crippen LogP contribution in [0.4, 0.5) is 5.82 Å². The first-order valence-electron chi connectivity index (χ1n) is 6.55. The molecule has 8 heteroatoms. The fourth-order valence-electron chi connectivity index (χ4n) is 2.22. The Hall–Kier alpha value is -2.09. The lowest BCUT2D eigenvalue weighted by Gasteiger charge is -2.08. The molecule has 0 aliphatic carbocycles. The second-order valence-corrected chi connectivity index (χ2v) is 5.55. The number of aryl methyl sites for hydroxylation is 2. The molecule has 0 bridgehead atoms. The number of fused-ring (bicyclic) bond motifs is 1. The first-order chi connectivity index (χ1) is 10.1. The summed E-state index contributed by atoms with van der Waals surface area (Å²) in [5.41, 5.74) is 1.94. The summed E-state index contributed by atoms with van der Waals surface area (Å²) in [6.07, 6.45) is 5.69. The first-order valence-corrected chi connectivity index (χ1v) is 7.77. The second kappa shape index (κ2) is 5.36. The lowest BCUT2D eigenvalue weighted by atomic mass is 10.3. The van der Waals surface area contributed by atoms with Crippen molar-refractivity contribution in [3.8, 4) is 0 Å². The minimum Gasteiger partial charge on any atom is -0.364 e. The number of thioether (sulfide) groups is 1. The van der Waals surface area contributed by atoms with Gasteiger partial charge in [0, 0.05) is 14.1 Å². The fraction of sp³-hybridized carbons (Fsp3) is 0.385. The molecule has 0 aliphatic rings. The van der Waals surface area contributed by atoms with Crippen LogP contribution in [0.25, 0.3) is 11.0 Å². The van der Waals surface area contributed by atoms with Gasteiger partial charge in [-0.3, -0.25) is 4.68 Å². The molecule has 0 radical (unpaired) electrons. The molecule has 0 fully saturated rings. The van der Waals surface area contributed by atoms with E-state index in [-0.39, 0.29) is 0 Å². The van der Waals surface area contributed by atoms with Crippen LogP contribution in [0, 0.1) is 6.92 Å². The van der Waals surface area contributed by atoms with Crippen molar-refractivity contribution < 1.29 is 0 Å². The molecule has 0 saturated heterocycles. The standard InChI is InChI=1S/C13H17N7S/c1-8-17-11(10-7-16-20(3)12(10)18-8)14-5-9-6-15-13(21-4)19(9)2/h6-7H,5H2,1-4H3,(H,14,17,18). The molecular weight excluding hydrogens is 286 g/mol. The minimum atomic E-state index is 0.657. The number of rotatable bonds is 4. The quantitative estimate of drug-likeness (QED) is 0.740. The van der Waals surface area contributed by atoms with Gasteiger partial charge in [-0.2, -0.15) is 5.10 Å². The van der Waals surface area contributed by atoms with Crippen LogP contribution in [-0.2, 0) is 20.6 Å². The number of nitrogens with one attached hydrogen (secondary N) is 1. The van der Waals surface area contributed by atoms with E-state index >= 15 is 0 Å². The first kappa shape index (κ1) is 13.9. The topological polar surface area (TPSA) is 73.5 Å². The Balaban J connectivity index is 1.89. The van der Waals surface area contributed by atoms with Crippen LogP contribution < -0.4 is 5.32 Å². The van der Waals surface area contributed by atoms with Gasteiger partial charge < -0.3 is 9.88 Å². The zero-order valence-corrected chi connectivity index (χ0v) is 13.3. The van der Waals surface area contributed by atoms with Crippen LogP contribution in [0.3, 0.4) is 0 Å². The number of anilines is 1. The molecule has 0 amide bonds. The molecule has 0 atom stereocenters. The van der Waals surface area contributed by atoms with Crippen LogP contribution in [0.2, 0.25) is 0 Å². The molecule has 7 nitrogen and oxygen atoms in total. The third-order valence-electron chi connectivity index (χ3n) is 3.37. The predicted octanol–water partition coefficient (Wildman–Crippen LogP) is 1.74.